The molecule has 0 N–H and O–H groups in total. The van der Waals surface area contributed by atoms with Crippen molar-refractivity contribution in [2.24, 2.45) is 0 Å². The largest absolute Gasteiger partial charge is 0.303 e. The molecule has 1 atom stereocenters. The molecule has 0 aromatic carbocycles. The lowest BCUT2D eigenvalue weighted by atomic mass is 9.94. The van der Waals surface area contributed by atoms with Crippen molar-refractivity contribution >= 4 is 22.2 Å². The van der Waals surface area contributed by atoms with E-state index in [1.54, 1.807) is 0 Å². The van der Waals surface area contributed by atoms with Crippen LogP contribution in [0.4, 0.5) is 0 Å². The van der Waals surface area contributed by atoms with Gasteiger partial charge in [0.25, 0.3) is 0 Å². The van der Waals surface area contributed by atoms with Crippen LogP contribution >= 0.6 is 15.9 Å². The van der Waals surface area contributed by atoms with Crippen molar-refractivity contribution in [3.8, 4) is 0 Å². The van der Waals surface area contributed by atoms with Crippen molar-refractivity contribution in [1.29, 1.82) is 0 Å². The summed E-state index contributed by atoms with van der Waals surface area (Å²) in [4.78, 5) is 14.8. The summed E-state index contributed by atoms with van der Waals surface area (Å²) < 4.78 is 0.997. The molecule has 1 rings (SSSR count). The van der Waals surface area contributed by atoms with Crippen LogP contribution in [0.3, 0.4) is 0 Å². The van der Waals surface area contributed by atoms with Gasteiger partial charge in [-0.1, -0.05) is 13.3 Å². The first kappa shape index (κ1) is 12.4. The van der Waals surface area contributed by atoms with Crippen LogP contribution in [0, 0.1) is 0 Å². The quantitative estimate of drug-likeness (QED) is 0.737. The zero-order chi connectivity index (χ0) is 11.1. The lowest BCUT2D eigenvalue weighted by molar-refractivity contribution is -0.108. The number of pyridine rings is 1. The van der Waals surface area contributed by atoms with E-state index >= 15 is 0 Å². The van der Waals surface area contributed by atoms with E-state index in [9.17, 15) is 4.79 Å². The molecule has 1 unspecified atom stereocenters. The highest BCUT2D eigenvalue weighted by molar-refractivity contribution is 9.10. The summed E-state index contributed by atoms with van der Waals surface area (Å²) in [6.07, 6.45) is 6.57. The minimum Gasteiger partial charge on any atom is -0.303 e. The Morgan fingerprint density at radius 2 is 2.27 bits per heavy atom. The maximum absolute atomic E-state index is 10.4. The van der Waals surface area contributed by atoms with E-state index in [2.05, 4.69) is 27.8 Å². The first-order chi connectivity index (χ1) is 7.27. The number of rotatable bonds is 6. The van der Waals surface area contributed by atoms with Crippen molar-refractivity contribution in [3.63, 3.8) is 0 Å². The Bertz CT molecular complexity index is 297. The molecule has 1 aromatic heterocycles. The molecule has 0 aliphatic heterocycles. The molecule has 0 spiro atoms. The zero-order valence-corrected chi connectivity index (χ0v) is 10.5. The molecule has 0 radical (unpaired) electrons. The Balaban J connectivity index is 2.69. The van der Waals surface area contributed by atoms with E-state index in [0.717, 1.165) is 35.7 Å². The second-order valence-corrected chi connectivity index (χ2v) is 4.55. The summed E-state index contributed by atoms with van der Waals surface area (Å²) in [5, 5.41) is 0. The van der Waals surface area contributed by atoms with Crippen LogP contribution in [0.1, 0.15) is 44.2 Å². The molecule has 0 aliphatic carbocycles. The number of nitrogens with zero attached hydrogens (tertiary/aromatic N) is 1. The minimum absolute atomic E-state index is 0.424. The molecule has 1 aromatic rings. The summed E-state index contributed by atoms with van der Waals surface area (Å²) >= 11 is 3.37. The molecule has 0 aliphatic rings. The van der Waals surface area contributed by atoms with Crippen molar-refractivity contribution in [2.75, 3.05) is 0 Å². The first-order valence-electron chi connectivity index (χ1n) is 5.33. The van der Waals surface area contributed by atoms with Crippen LogP contribution in [-0.4, -0.2) is 11.3 Å². The Morgan fingerprint density at radius 1 is 1.47 bits per heavy atom. The van der Waals surface area contributed by atoms with Gasteiger partial charge in [0, 0.05) is 28.7 Å². The molecule has 0 bridgehead atoms. The third kappa shape index (κ3) is 4.12. The van der Waals surface area contributed by atoms with Crippen molar-refractivity contribution < 1.29 is 4.79 Å². The zero-order valence-electron chi connectivity index (χ0n) is 8.95. The van der Waals surface area contributed by atoms with Gasteiger partial charge < -0.3 is 4.79 Å². The molecule has 3 heteroatoms. The molecule has 0 amide bonds. The molecule has 0 saturated carbocycles. The fourth-order valence-corrected chi connectivity index (χ4v) is 1.92. The maximum Gasteiger partial charge on any atom is 0.120 e. The Morgan fingerprint density at radius 3 is 2.80 bits per heavy atom. The molecule has 82 valence electrons. The van der Waals surface area contributed by atoms with Crippen LogP contribution in [0.2, 0.25) is 0 Å². The van der Waals surface area contributed by atoms with Crippen LogP contribution in [-0.2, 0) is 4.79 Å². The van der Waals surface area contributed by atoms with E-state index < -0.39 is 0 Å². The third-order valence-electron chi connectivity index (χ3n) is 2.44. The average molecular weight is 270 g/mol. The van der Waals surface area contributed by atoms with Crippen LogP contribution in [0.15, 0.2) is 22.8 Å². The highest BCUT2D eigenvalue weighted by Gasteiger charge is 2.11. The van der Waals surface area contributed by atoms with Gasteiger partial charge in [-0.2, -0.15) is 0 Å². The fourth-order valence-electron chi connectivity index (χ4n) is 1.69. The monoisotopic (exact) mass is 269 g/mol. The van der Waals surface area contributed by atoms with Gasteiger partial charge in [-0.25, -0.2) is 0 Å². The molecule has 0 saturated heterocycles. The summed E-state index contributed by atoms with van der Waals surface area (Å²) in [7, 11) is 0. The molecule has 0 fully saturated rings. The number of hydrogen-bond donors (Lipinski definition) is 0. The maximum atomic E-state index is 10.4. The number of aldehydes is 1. The van der Waals surface area contributed by atoms with Gasteiger partial charge in [0.1, 0.15) is 6.29 Å². The van der Waals surface area contributed by atoms with Gasteiger partial charge in [0.05, 0.1) is 0 Å². The van der Waals surface area contributed by atoms with Gasteiger partial charge in [-0.3, -0.25) is 4.98 Å². The van der Waals surface area contributed by atoms with E-state index in [1.165, 1.54) is 0 Å². The molecule has 1 heterocycles. The van der Waals surface area contributed by atoms with Crippen molar-refractivity contribution in [1.82, 2.24) is 4.98 Å². The predicted molar refractivity (Wildman–Crippen MR) is 64.9 cm³/mol. The Hall–Kier alpha value is -0.700. The molecular weight excluding hydrogens is 254 g/mol. The smallest absolute Gasteiger partial charge is 0.120 e. The summed E-state index contributed by atoms with van der Waals surface area (Å²) in [6.45, 7) is 2.16. The van der Waals surface area contributed by atoms with E-state index in [-0.39, 0.29) is 0 Å². The van der Waals surface area contributed by atoms with Gasteiger partial charge >= 0.3 is 0 Å². The summed E-state index contributed by atoms with van der Waals surface area (Å²) in [5.41, 5.74) is 1.10. The third-order valence-corrected chi connectivity index (χ3v) is 2.91. The second-order valence-electron chi connectivity index (χ2n) is 3.63. The van der Waals surface area contributed by atoms with Crippen LogP contribution in [0.5, 0.6) is 0 Å². The van der Waals surface area contributed by atoms with E-state index in [4.69, 9.17) is 0 Å². The Labute approximate surface area is 99.2 Å². The fraction of sp³-hybridized carbons (Fsp3) is 0.500. The highest BCUT2D eigenvalue weighted by atomic mass is 79.9. The van der Waals surface area contributed by atoms with E-state index in [1.807, 2.05) is 18.3 Å². The number of carbonyl (C=O) groups excluding carboxylic acids is 1. The topological polar surface area (TPSA) is 30.0 Å². The van der Waals surface area contributed by atoms with E-state index in [0.29, 0.717) is 12.3 Å². The van der Waals surface area contributed by atoms with Gasteiger partial charge in [0.2, 0.25) is 0 Å². The normalized spacial score (nSPS) is 12.4. The van der Waals surface area contributed by atoms with Gasteiger partial charge in [-0.05, 0) is 40.9 Å². The second kappa shape index (κ2) is 6.72. The standard InChI is InChI=1S/C12H16BrNO/c1-2-4-10(5-3-8-15)12-7-6-11(13)9-14-12/h6-10H,2-5H2,1H3. The van der Waals surface area contributed by atoms with Gasteiger partial charge in [0.15, 0.2) is 0 Å². The van der Waals surface area contributed by atoms with Crippen molar-refractivity contribution in [2.45, 2.75) is 38.5 Å². The van der Waals surface area contributed by atoms with Crippen LogP contribution < -0.4 is 0 Å². The van der Waals surface area contributed by atoms with Crippen LogP contribution in [0.25, 0.3) is 0 Å². The molecule has 15 heavy (non-hydrogen) atoms. The molecule has 2 nitrogen and oxygen atoms in total. The minimum atomic E-state index is 0.424. The SMILES string of the molecule is CCCC(CCC=O)c1ccc(Br)cn1. The van der Waals surface area contributed by atoms with Gasteiger partial charge in [-0.15, -0.1) is 0 Å². The molecular formula is C12H16BrNO. The lowest BCUT2D eigenvalue weighted by Crippen LogP contribution is -2.01. The summed E-state index contributed by atoms with van der Waals surface area (Å²) in [5.74, 6) is 0.424. The summed E-state index contributed by atoms with van der Waals surface area (Å²) in [6, 6.07) is 4.04. The van der Waals surface area contributed by atoms with Crippen molar-refractivity contribution in [3.05, 3.63) is 28.5 Å². The number of halogens is 1. The lowest BCUT2D eigenvalue weighted by Gasteiger charge is -2.13. The first-order valence-corrected chi connectivity index (χ1v) is 6.12. The number of aromatic nitrogens is 1. The highest BCUT2D eigenvalue weighted by Crippen LogP contribution is 2.25. The predicted octanol–water partition coefficient (Wildman–Crippen LogP) is 3.71. The number of carbonyl (C=O) groups is 1. The Kier molecular flexibility index (Phi) is 5.54. The average Bonchev–Trinajstić information content (AvgIpc) is 2.25. The number of hydrogen-bond acceptors (Lipinski definition) is 2.